The number of rotatable bonds is 7. The maximum atomic E-state index is 11.6. The predicted octanol–water partition coefficient (Wildman–Crippen LogP) is 1.35. The van der Waals surface area contributed by atoms with Crippen molar-refractivity contribution in [3.63, 3.8) is 0 Å². The highest BCUT2D eigenvalue weighted by Gasteiger charge is 2.51. The summed E-state index contributed by atoms with van der Waals surface area (Å²) in [6.07, 6.45) is 2.63. The van der Waals surface area contributed by atoms with Crippen LogP contribution in [-0.2, 0) is 4.79 Å². The van der Waals surface area contributed by atoms with Gasteiger partial charge in [0.15, 0.2) is 0 Å². The summed E-state index contributed by atoms with van der Waals surface area (Å²) < 4.78 is 0. The summed E-state index contributed by atoms with van der Waals surface area (Å²) in [7, 11) is 0. The molecule has 1 spiro atoms. The Kier molecular flexibility index (Phi) is 5.83. The second-order valence-corrected chi connectivity index (χ2v) is 8.66. The standard InChI is InChI=1S/C19H36N4O.H2/c1-4-21-5-7-22(8-6-21)9-10-23-14-19(15-23)11-17(12-19)13-20-18(24)16(2)3;/h16-17H,4-15H2,1-3H3,(H,20,24);1H. The van der Waals surface area contributed by atoms with E-state index in [1.807, 2.05) is 13.8 Å². The van der Waals surface area contributed by atoms with Crippen LogP contribution in [0.4, 0.5) is 0 Å². The summed E-state index contributed by atoms with van der Waals surface area (Å²) in [6, 6.07) is 0. The maximum absolute atomic E-state index is 11.6. The number of amides is 1. The molecule has 5 heteroatoms. The molecule has 0 bridgehead atoms. The van der Waals surface area contributed by atoms with E-state index < -0.39 is 0 Å². The molecule has 5 nitrogen and oxygen atoms in total. The van der Waals surface area contributed by atoms with Crippen molar-refractivity contribution in [1.29, 1.82) is 0 Å². The summed E-state index contributed by atoms with van der Waals surface area (Å²) in [5.74, 6) is 1.03. The van der Waals surface area contributed by atoms with Crippen LogP contribution in [0.3, 0.4) is 0 Å². The Morgan fingerprint density at radius 3 is 2.25 bits per heavy atom. The summed E-state index contributed by atoms with van der Waals surface area (Å²) in [4.78, 5) is 19.4. The lowest BCUT2D eigenvalue weighted by atomic mass is 9.57. The molecule has 2 heterocycles. The van der Waals surface area contributed by atoms with E-state index in [9.17, 15) is 4.79 Å². The van der Waals surface area contributed by atoms with Gasteiger partial charge in [-0.3, -0.25) is 9.69 Å². The normalized spacial score (nSPS) is 25.7. The topological polar surface area (TPSA) is 38.8 Å². The molecule has 0 radical (unpaired) electrons. The van der Waals surface area contributed by atoms with E-state index in [0.717, 1.165) is 12.5 Å². The molecule has 1 N–H and O–H groups in total. The Labute approximate surface area is 149 Å². The van der Waals surface area contributed by atoms with Gasteiger partial charge in [-0.2, -0.15) is 0 Å². The molecule has 3 fully saturated rings. The molecule has 1 amide bonds. The van der Waals surface area contributed by atoms with Crippen molar-refractivity contribution in [3.05, 3.63) is 0 Å². The van der Waals surface area contributed by atoms with Gasteiger partial charge >= 0.3 is 0 Å². The van der Waals surface area contributed by atoms with Crippen molar-refractivity contribution in [2.45, 2.75) is 33.6 Å². The number of piperazine rings is 1. The molecule has 140 valence electrons. The molecule has 3 rings (SSSR count). The quantitative estimate of drug-likeness (QED) is 0.761. The van der Waals surface area contributed by atoms with Crippen LogP contribution in [0.15, 0.2) is 0 Å². The third kappa shape index (κ3) is 4.30. The number of carbonyl (C=O) groups excluding carboxylic acids is 1. The van der Waals surface area contributed by atoms with Gasteiger partial charge in [0.25, 0.3) is 0 Å². The van der Waals surface area contributed by atoms with Crippen molar-refractivity contribution >= 4 is 5.91 Å². The van der Waals surface area contributed by atoms with Crippen molar-refractivity contribution < 1.29 is 6.22 Å². The minimum atomic E-state index is 0. The number of nitrogens with one attached hydrogen (secondary N) is 1. The van der Waals surface area contributed by atoms with Gasteiger partial charge in [0.2, 0.25) is 5.91 Å². The Morgan fingerprint density at radius 2 is 1.67 bits per heavy atom. The summed E-state index contributed by atoms with van der Waals surface area (Å²) in [6.45, 7) is 18.3. The second-order valence-electron chi connectivity index (χ2n) is 8.66. The SMILES string of the molecule is CCN1CCN(CCN2CC3(CC(CNC(=O)C(C)C)C3)C2)CC1.[HH]. The number of hydrogen-bond acceptors (Lipinski definition) is 4. The smallest absolute Gasteiger partial charge is 0.222 e. The van der Waals surface area contributed by atoms with Crippen molar-refractivity contribution in [1.82, 2.24) is 20.0 Å². The molecule has 1 saturated carbocycles. The summed E-state index contributed by atoms with van der Waals surface area (Å²) >= 11 is 0. The molecule has 0 unspecified atom stereocenters. The zero-order valence-corrected chi connectivity index (χ0v) is 15.9. The second kappa shape index (κ2) is 7.71. The lowest BCUT2D eigenvalue weighted by Crippen LogP contribution is -2.64. The Bertz CT molecular complexity index is 423. The van der Waals surface area contributed by atoms with Crippen molar-refractivity contribution in [2.75, 3.05) is 65.4 Å². The first-order chi connectivity index (χ1) is 11.5. The van der Waals surface area contributed by atoms with Crippen LogP contribution in [0.5, 0.6) is 0 Å². The van der Waals surface area contributed by atoms with Crippen molar-refractivity contribution in [2.24, 2.45) is 17.3 Å². The molecular formula is C19H38N4O. The van der Waals surface area contributed by atoms with E-state index >= 15 is 0 Å². The third-order valence-electron chi connectivity index (χ3n) is 6.30. The van der Waals surface area contributed by atoms with Crippen LogP contribution >= 0.6 is 0 Å². The zero-order chi connectivity index (χ0) is 17.2. The molecule has 0 aromatic heterocycles. The molecule has 0 atom stereocenters. The molecule has 0 aromatic carbocycles. The predicted molar refractivity (Wildman–Crippen MR) is 100 cm³/mol. The van der Waals surface area contributed by atoms with E-state index in [1.54, 1.807) is 0 Å². The zero-order valence-electron chi connectivity index (χ0n) is 15.9. The average Bonchev–Trinajstić information content (AvgIpc) is 2.51. The number of nitrogens with zero attached hydrogens (tertiary/aromatic N) is 3. The number of hydrogen-bond donors (Lipinski definition) is 1. The van der Waals surface area contributed by atoms with E-state index in [-0.39, 0.29) is 13.3 Å². The lowest BCUT2D eigenvalue weighted by Gasteiger charge is -2.59. The van der Waals surface area contributed by atoms with Crippen LogP contribution in [0, 0.1) is 17.3 Å². The first kappa shape index (κ1) is 18.2. The maximum Gasteiger partial charge on any atom is 0.222 e. The molecule has 24 heavy (non-hydrogen) atoms. The average molecular weight is 339 g/mol. The molecule has 3 aliphatic rings. The first-order valence-electron chi connectivity index (χ1n) is 9.94. The Hall–Kier alpha value is -0.650. The van der Waals surface area contributed by atoms with Crippen molar-refractivity contribution in [3.8, 4) is 0 Å². The van der Waals surface area contributed by atoms with Crippen LogP contribution in [-0.4, -0.2) is 86.1 Å². The highest BCUT2D eigenvalue weighted by atomic mass is 16.1. The van der Waals surface area contributed by atoms with Crippen LogP contribution in [0.2, 0.25) is 0 Å². The highest BCUT2D eigenvalue weighted by Crippen LogP contribution is 2.51. The van der Waals surface area contributed by atoms with Crippen LogP contribution in [0.1, 0.15) is 35.0 Å². The van der Waals surface area contributed by atoms with Gasteiger partial charge in [-0.1, -0.05) is 20.8 Å². The fourth-order valence-electron chi connectivity index (χ4n) is 4.69. The fraction of sp³-hybridized carbons (Fsp3) is 0.947. The summed E-state index contributed by atoms with van der Waals surface area (Å²) in [5, 5.41) is 3.09. The minimum Gasteiger partial charge on any atom is -0.356 e. The van der Waals surface area contributed by atoms with Crippen LogP contribution < -0.4 is 5.32 Å². The number of likely N-dealkylation sites (tertiary alicyclic amines) is 1. The monoisotopic (exact) mass is 338 g/mol. The molecule has 2 saturated heterocycles. The minimum absolute atomic E-state index is 0. The van der Waals surface area contributed by atoms with E-state index in [2.05, 4.69) is 26.9 Å². The van der Waals surface area contributed by atoms with Gasteiger partial charge in [-0.15, -0.1) is 0 Å². The Morgan fingerprint density at radius 1 is 1.08 bits per heavy atom. The number of carbonyl (C=O) groups is 1. The first-order valence-corrected chi connectivity index (χ1v) is 9.94. The van der Waals surface area contributed by atoms with E-state index in [4.69, 9.17) is 0 Å². The molecule has 2 aliphatic heterocycles. The molecular weight excluding hydrogens is 300 g/mol. The van der Waals surface area contributed by atoms with E-state index in [0.29, 0.717) is 5.41 Å². The van der Waals surface area contributed by atoms with E-state index in [1.165, 1.54) is 71.7 Å². The third-order valence-corrected chi connectivity index (χ3v) is 6.30. The highest BCUT2D eigenvalue weighted by molar-refractivity contribution is 5.77. The lowest BCUT2D eigenvalue weighted by molar-refractivity contribution is -0.126. The fourth-order valence-corrected chi connectivity index (χ4v) is 4.69. The van der Waals surface area contributed by atoms with Gasteiger partial charge in [0.1, 0.15) is 0 Å². The van der Waals surface area contributed by atoms with Crippen LogP contribution in [0.25, 0.3) is 0 Å². The molecule has 0 aromatic rings. The molecule has 1 aliphatic carbocycles. The number of likely N-dealkylation sites (N-methyl/N-ethyl adjacent to an activating group) is 1. The largest absolute Gasteiger partial charge is 0.356 e. The Balaban J connectivity index is 0.00000225. The van der Waals surface area contributed by atoms with Gasteiger partial charge in [0.05, 0.1) is 0 Å². The summed E-state index contributed by atoms with van der Waals surface area (Å²) in [5.41, 5.74) is 0.605. The van der Waals surface area contributed by atoms with Gasteiger partial charge in [-0.05, 0) is 30.7 Å². The van der Waals surface area contributed by atoms with Gasteiger partial charge < -0.3 is 15.1 Å². The van der Waals surface area contributed by atoms with Gasteiger partial charge in [0, 0.05) is 66.2 Å². The van der Waals surface area contributed by atoms with Gasteiger partial charge in [-0.25, -0.2) is 0 Å².